The van der Waals surface area contributed by atoms with E-state index in [2.05, 4.69) is 35.0 Å². The second-order valence-corrected chi connectivity index (χ2v) is 5.20. The van der Waals surface area contributed by atoms with Crippen LogP contribution in [0.15, 0.2) is 28.8 Å². The molecule has 0 amide bonds. The van der Waals surface area contributed by atoms with Gasteiger partial charge in [0.15, 0.2) is 5.82 Å². The average Bonchev–Trinajstić information content (AvgIpc) is 2.96. The summed E-state index contributed by atoms with van der Waals surface area (Å²) in [5.41, 5.74) is 1.14. The average molecular weight is 289 g/mol. The van der Waals surface area contributed by atoms with Gasteiger partial charge in [-0.3, -0.25) is 4.90 Å². The highest BCUT2D eigenvalue weighted by molar-refractivity contribution is 5.33. The Labute approximate surface area is 125 Å². The SMILES string of the molecule is CCCc1noc([C@@H](C)N(C)Cc2ccccc2OC)n1. The number of para-hydroxylation sites is 1. The van der Waals surface area contributed by atoms with Gasteiger partial charge in [0.2, 0.25) is 5.89 Å². The summed E-state index contributed by atoms with van der Waals surface area (Å²) in [7, 11) is 3.73. The maximum atomic E-state index is 5.39. The molecule has 114 valence electrons. The molecule has 2 rings (SSSR count). The van der Waals surface area contributed by atoms with Crippen molar-refractivity contribution in [3.05, 3.63) is 41.5 Å². The minimum Gasteiger partial charge on any atom is -0.496 e. The Kier molecular flexibility index (Phi) is 5.33. The molecule has 0 saturated carbocycles. The molecule has 0 saturated heterocycles. The summed E-state index contributed by atoms with van der Waals surface area (Å²) in [4.78, 5) is 6.62. The molecule has 21 heavy (non-hydrogen) atoms. The Balaban J connectivity index is 2.06. The van der Waals surface area contributed by atoms with Gasteiger partial charge < -0.3 is 9.26 Å². The third-order valence-electron chi connectivity index (χ3n) is 3.59. The summed E-state index contributed by atoms with van der Waals surface area (Å²) in [6.07, 6.45) is 1.87. The normalized spacial score (nSPS) is 12.6. The Hall–Kier alpha value is -1.88. The van der Waals surface area contributed by atoms with Crippen molar-refractivity contribution in [1.82, 2.24) is 15.0 Å². The summed E-state index contributed by atoms with van der Waals surface area (Å²) in [6.45, 7) is 4.93. The quantitative estimate of drug-likeness (QED) is 0.783. The first kappa shape index (κ1) is 15.5. The molecule has 0 fully saturated rings. The molecule has 0 unspecified atom stereocenters. The van der Waals surface area contributed by atoms with Gasteiger partial charge in [0, 0.05) is 18.5 Å². The van der Waals surface area contributed by atoms with Crippen LogP contribution in [0.3, 0.4) is 0 Å². The second-order valence-electron chi connectivity index (χ2n) is 5.20. The van der Waals surface area contributed by atoms with Gasteiger partial charge in [-0.15, -0.1) is 0 Å². The number of rotatable bonds is 7. The van der Waals surface area contributed by atoms with E-state index in [1.54, 1.807) is 7.11 Å². The van der Waals surface area contributed by atoms with Crippen molar-refractivity contribution >= 4 is 0 Å². The lowest BCUT2D eigenvalue weighted by atomic mass is 10.1. The second kappa shape index (κ2) is 7.22. The fourth-order valence-corrected chi connectivity index (χ4v) is 2.19. The lowest BCUT2D eigenvalue weighted by molar-refractivity contribution is 0.200. The van der Waals surface area contributed by atoms with Crippen LogP contribution in [0.2, 0.25) is 0 Å². The number of aromatic nitrogens is 2. The van der Waals surface area contributed by atoms with E-state index in [1.807, 2.05) is 25.2 Å². The molecule has 2 aromatic rings. The number of hydrogen-bond donors (Lipinski definition) is 0. The van der Waals surface area contributed by atoms with E-state index in [1.165, 1.54) is 0 Å². The van der Waals surface area contributed by atoms with Crippen molar-refractivity contribution in [1.29, 1.82) is 0 Å². The number of hydrogen-bond acceptors (Lipinski definition) is 5. The van der Waals surface area contributed by atoms with Gasteiger partial charge in [-0.25, -0.2) is 0 Å². The number of methoxy groups -OCH3 is 1. The Morgan fingerprint density at radius 3 is 2.81 bits per heavy atom. The van der Waals surface area contributed by atoms with Crippen molar-refractivity contribution in [3.8, 4) is 5.75 Å². The minimum atomic E-state index is 0.0630. The molecule has 1 heterocycles. The zero-order valence-corrected chi connectivity index (χ0v) is 13.2. The maximum absolute atomic E-state index is 5.39. The largest absolute Gasteiger partial charge is 0.496 e. The smallest absolute Gasteiger partial charge is 0.243 e. The predicted octanol–water partition coefficient (Wildman–Crippen LogP) is 3.22. The first-order valence-corrected chi connectivity index (χ1v) is 7.30. The molecule has 1 aromatic carbocycles. The van der Waals surface area contributed by atoms with Crippen LogP contribution in [-0.4, -0.2) is 29.2 Å². The van der Waals surface area contributed by atoms with Crippen molar-refractivity contribution in [3.63, 3.8) is 0 Å². The number of ether oxygens (including phenoxy) is 1. The van der Waals surface area contributed by atoms with Crippen molar-refractivity contribution in [2.45, 2.75) is 39.3 Å². The standard InChI is InChI=1S/C16H23N3O2/c1-5-8-15-17-16(21-18-15)12(2)19(3)11-13-9-6-7-10-14(13)20-4/h6-7,9-10,12H,5,8,11H2,1-4H3/t12-/m1/s1. The van der Waals surface area contributed by atoms with Crippen LogP contribution in [0.1, 0.15) is 43.6 Å². The fraction of sp³-hybridized carbons (Fsp3) is 0.500. The lowest BCUT2D eigenvalue weighted by Gasteiger charge is -2.22. The van der Waals surface area contributed by atoms with Gasteiger partial charge >= 0.3 is 0 Å². The number of benzene rings is 1. The Morgan fingerprint density at radius 2 is 2.10 bits per heavy atom. The summed E-state index contributed by atoms with van der Waals surface area (Å²) in [5.74, 6) is 2.34. The highest BCUT2D eigenvalue weighted by Gasteiger charge is 2.19. The van der Waals surface area contributed by atoms with Gasteiger partial charge in [0.05, 0.1) is 13.2 Å². The monoisotopic (exact) mass is 289 g/mol. The first-order valence-electron chi connectivity index (χ1n) is 7.30. The van der Waals surface area contributed by atoms with Gasteiger partial charge in [-0.1, -0.05) is 30.3 Å². The molecule has 1 atom stereocenters. The van der Waals surface area contributed by atoms with Crippen LogP contribution in [0.5, 0.6) is 5.75 Å². The van der Waals surface area contributed by atoms with Gasteiger partial charge in [-0.05, 0) is 26.5 Å². The summed E-state index contributed by atoms with van der Waals surface area (Å²) >= 11 is 0. The molecule has 0 N–H and O–H groups in total. The zero-order valence-electron chi connectivity index (χ0n) is 13.2. The highest BCUT2D eigenvalue weighted by atomic mass is 16.5. The number of nitrogens with zero attached hydrogens (tertiary/aromatic N) is 3. The van der Waals surface area contributed by atoms with E-state index in [9.17, 15) is 0 Å². The maximum Gasteiger partial charge on any atom is 0.243 e. The lowest BCUT2D eigenvalue weighted by Crippen LogP contribution is -2.22. The van der Waals surface area contributed by atoms with E-state index >= 15 is 0 Å². The van der Waals surface area contributed by atoms with Crippen LogP contribution < -0.4 is 4.74 Å². The van der Waals surface area contributed by atoms with Crippen molar-refractivity contribution < 1.29 is 9.26 Å². The van der Waals surface area contributed by atoms with Crippen LogP contribution in [0, 0.1) is 0 Å². The molecule has 0 radical (unpaired) electrons. The topological polar surface area (TPSA) is 51.4 Å². The molecule has 5 heteroatoms. The molecule has 1 aromatic heterocycles. The number of aryl methyl sites for hydroxylation is 1. The molecule has 0 bridgehead atoms. The van der Waals surface area contributed by atoms with Crippen molar-refractivity contribution in [2.75, 3.05) is 14.2 Å². The van der Waals surface area contributed by atoms with E-state index in [0.717, 1.165) is 36.5 Å². The van der Waals surface area contributed by atoms with Crippen LogP contribution in [0.4, 0.5) is 0 Å². The molecule has 0 aliphatic carbocycles. The molecular weight excluding hydrogens is 266 g/mol. The molecule has 0 spiro atoms. The predicted molar refractivity (Wildman–Crippen MR) is 81.2 cm³/mol. The van der Waals surface area contributed by atoms with E-state index in [-0.39, 0.29) is 6.04 Å². The van der Waals surface area contributed by atoms with Crippen LogP contribution in [-0.2, 0) is 13.0 Å². The Bertz CT molecular complexity index is 568. The van der Waals surface area contributed by atoms with Crippen LogP contribution in [0.25, 0.3) is 0 Å². The van der Waals surface area contributed by atoms with Gasteiger partial charge in [0.25, 0.3) is 0 Å². The van der Waals surface area contributed by atoms with Crippen LogP contribution >= 0.6 is 0 Å². The first-order chi connectivity index (χ1) is 10.2. The minimum absolute atomic E-state index is 0.0630. The highest BCUT2D eigenvalue weighted by Crippen LogP contribution is 2.24. The third-order valence-corrected chi connectivity index (χ3v) is 3.59. The summed E-state index contributed by atoms with van der Waals surface area (Å²) in [5, 5.41) is 4.01. The summed E-state index contributed by atoms with van der Waals surface area (Å²) in [6, 6.07) is 8.09. The van der Waals surface area contributed by atoms with Gasteiger partial charge in [0.1, 0.15) is 5.75 Å². The zero-order chi connectivity index (χ0) is 15.2. The van der Waals surface area contributed by atoms with Crippen molar-refractivity contribution in [2.24, 2.45) is 0 Å². The van der Waals surface area contributed by atoms with E-state index in [4.69, 9.17) is 9.26 Å². The fourth-order valence-electron chi connectivity index (χ4n) is 2.19. The molecule has 0 aliphatic heterocycles. The van der Waals surface area contributed by atoms with E-state index in [0.29, 0.717) is 5.89 Å². The Morgan fingerprint density at radius 1 is 1.33 bits per heavy atom. The molecular formula is C16H23N3O2. The third kappa shape index (κ3) is 3.82. The van der Waals surface area contributed by atoms with Gasteiger partial charge in [-0.2, -0.15) is 4.98 Å². The molecule has 5 nitrogen and oxygen atoms in total. The molecule has 0 aliphatic rings. The van der Waals surface area contributed by atoms with E-state index < -0.39 is 0 Å². The summed E-state index contributed by atoms with van der Waals surface area (Å²) < 4.78 is 10.8.